The van der Waals surface area contributed by atoms with Gasteiger partial charge < -0.3 is 24.6 Å². The number of rotatable bonds is 10. The average Bonchev–Trinajstić information content (AvgIpc) is 3.31. The van der Waals surface area contributed by atoms with Crippen LogP contribution >= 0.6 is 11.3 Å². The molecule has 1 atom stereocenters. The van der Waals surface area contributed by atoms with E-state index in [-0.39, 0.29) is 12.2 Å². The van der Waals surface area contributed by atoms with Crippen molar-refractivity contribution >= 4 is 31.2 Å². The summed E-state index contributed by atoms with van der Waals surface area (Å²) in [5.41, 5.74) is 1.19. The number of nitrogens with one attached hydrogen (secondary N) is 1. The van der Waals surface area contributed by atoms with E-state index in [1.807, 2.05) is 12.1 Å². The average molecular weight is 476 g/mol. The highest BCUT2D eigenvalue weighted by Crippen LogP contribution is 2.30. The zero-order valence-corrected chi connectivity index (χ0v) is 21.6. The molecule has 2 aromatic rings. The van der Waals surface area contributed by atoms with Gasteiger partial charge in [0.1, 0.15) is 11.9 Å². The number of amides is 1. The summed E-state index contributed by atoms with van der Waals surface area (Å²) in [5, 5.41) is 5.46. The number of nitrogens with zero attached hydrogens (tertiary/aromatic N) is 2. The molecule has 1 aliphatic heterocycles. The molecule has 0 bridgehead atoms. The van der Waals surface area contributed by atoms with Gasteiger partial charge in [-0.3, -0.25) is 0 Å². The zero-order valence-electron chi connectivity index (χ0n) is 19.8. The number of hydrogen-bond acceptors (Lipinski definition) is 6. The third-order valence-electron chi connectivity index (χ3n) is 5.55. The maximum absolute atomic E-state index is 12.4. The van der Waals surface area contributed by atoms with Gasteiger partial charge in [-0.1, -0.05) is 31.8 Å². The minimum absolute atomic E-state index is 0.106. The van der Waals surface area contributed by atoms with Crippen LogP contribution in [0.4, 0.5) is 10.5 Å². The van der Waals surface area contributed by atoms with Gasteiger partial charge in [-0.25, -0.2) is 4.79 Å². The Bertz CT molecular complexity index is 835. The predicted octanol–water partition coefficient (Wildman–Crippen LogP) is 5.07. The Labute approximate surface area is 197 Å². The lowest BCUT2D eigenvalue weighted by Crippen LogP contribution is -2.43. The van der Waals surface area contributed by atoms with Gasteiger partial charge in [-0.05, 0) is 29.6 Å². The van der Waals surface area contributed by atoms with Crippen LogP contribution in [0.1, 0.15) is 17.4 Å². The lowest BCUT2D eigenvalue weighted by atomic mass is 10.2. The van der Waals surface area contributed by atoms with Crippen molar-refractivity contribution in [1.29, 1.82) is 0 Å². The highest BCUT2D eigenvalue weighted by Gasteiger charge is 2.20. The number of benzene rings is 1. The van der Waals surface area contributed by atoms with Gasteiger partial charge in [0, 0.05) is 70.9 Å². The number of hydrogen-bond donors (Lipinski definition) is 1. The van der Waals surface area contributed by atoms with Crippen LogP contribution in [-0.4, -0.2) is 65.4 Å². The molecule has 0 aliphatic carbocycles. The first kappa shape index (κ1) is 24.6. The first-order chi connectivity index (χ1) is 15.3. The molecule has 0 spiro atoms. The Hall–Kier alpha value is -2.03. The minimum atomic E-state index is -1.21. The molecule has 2 heterocycles. The standard InChI is InChI=1S/C24H37N3O3SSi/c1-26(24(28)29-16-18-32(2,3)4)13-10-22(23-9-6-17-31-23)30-21-8-5-7-20(19-21)27-14-11-25-12-15-27/h5-9,17,19,22,25H,10-16,18H2,1-4H3. The summed E-state index contributed by atoms with van der Waals surface area (Å²) in [6, 6.07) is 13.5. The van der Waals surface area contributed by atoms with E-state index in [4.69, 9.17) is 9.47 Å². The van der Waals surface area contributed by atoms with E-state index < -0.39 is 8.07 Å². The SMILES string of the molecule is CN(CCC(Oc1cccc(N2CCNCC2)c1)c1cccs1)C(=O)OCC[Si](C)(C)C. The molecule has 1 amide bonds. The molecule has 1 N–H and O–H groups in total. The summed E-state index contributed by atoms with van der Waals surface area (Å²) in [6.07, 6.45) is 0.345. The maximum Gasteiger partial charge on any atom is 0.409 e. The Morgan fingerprint density at radius 1 is 1.22 bits per heavy atom. The molecule has 1 unspecified atom stereocenters. The molecule has 6 nitrogen and oxygen atoms in total. The van der Waals surface area contributed by atoms with Gasteiger partial charge in [0.15, 0.2) is 0 Å². The molecule has 1 aliphatic rings. The third kappa shape index (κ3) is 7.83. The van der Waals surface area contributed by atoms with Crippen LogP contribution < -0.4 is 15.0 Å². The van der Waals surface area contributed by atoms with Crippen molar-refractivity contribution in [2.24, 2.45) is 0 Å². The van der Waals surface area contributed by atoms with Crippen LogP contribution in [0.15, 0.2) is 41.8 Å². The second kappa shape index (κ2) is 11.7. The summed E-state index contributed by atoms with van der Waals surface area (Å²) in [7, 11) is 0.585. The second-order valence-electron chi connectivity index (χ2n) is 9.49. The van der Waals surface area contributed by atoms with E-state index in [1.165, 1.54) is 5.69 Å². The predicted molar refractivity (Wildman–Crippen MR) is 136 cm³/mol. The number of piperazine rings is 1. The highest BCUT2D eigenvalue weighted by molar-refractivity contribution is 7.10. The molecule has 0 saturated carbocycles. The van der Waals surface area contributed by atoms with Crippen molar-refractivity contribution in [3.63, 3.8) is 0 Å². The van der Waals surface area contributed by atoms with E-state index in [2.05, 4.69) is 59.5 Å². The van der Waals surface area contributed by atoms with Gasteiger partial charge in [0.25, 0.3) is 0 Å². The van der Waals surface area contributed by atoms with Crippen LogP contribution in [0.2, 0.25) is 25.7 Å². The zero-order chi connectivity index (χ0) is 23.0. The molecule has 1 fully saturated rings. The number of thiophene rings is 1. The van der Waals surface area contributed by atoms with E-state index in [0.29, 0.717) is 19.6 Å². The summed E-state index contributed by atoms with van der Waals surface area (Å²) in [4.78, 5) is 17.6. The van der Waals surface area contributed by atoms with E-state index >= 15 is 0 Å². The van der Waals surface area contributed by atoms with Crippen LogP contribution in [0.25, 0.3) is 0 Å². The lowest BCUT2D eigenvalue weighted by molar-refractivity contribution is 0.108. The topological polar surface area (TPSA) is 54.0 Å². The van der Waals surface area contributed by atoms with Gasteiger partial charge in [0.05, 0.1) is 6.61 Å². The fourth-order valence-corrected chi connectivity index (χ4v) is 5.04. The number of ether oxygens (including phenoxy) is 2. The van der Waals surface area contributed by atoms with Gasteiger partial charge >= 0.3 is 6.09 Å². The normalized spacial score (nSPS) is 15.3. The van der Waals surface area contributed by atoms with Crippen LogP contribution in [-0.2, 0) is 4.74 Å². The molecular weight excluding hydrogens is 438 g/mol. The molecular formula is C24H37N3O3SSi. The maximum atomic E-state index is 12.4. The van der Waals surface area contributed by atoms with Gasteiger partial charge in [-0.2, -0.15) is 0 Å². The number of anilines is 1. The fourth-order valence-electron chi connectivity index (χ4n) is 3.53. The molecule has 3 rings (SSSR count). The van der Waals surface area contributed by atoms with Gasteiger partial charge in [0.2, 0.25) is 0 Å². The van der Waals surface area contributed by atoms with Crippen molar-refractivity contribution in [3.05, 3.63) is 46.7 Å². The minimum Gasteiger partial charge on any atom is -0.485 e. The molecule has 1 aromatic carbocycles. The van der Waals surface area contributed by atoms with Crippen LogP contribution in [0.3, 0.4) is 0 Å². The second-order valence-corrected chi connectivity index (χ2v) is 16.1. The van der Waals surface area contributed by atoms with E-state index in [1.54, 1.807) is 23.3 Å². The van der Waals surface area contributed by atoms with E-state index in [0.717, 1.165) is 42.8 Å². The Kier molecular flexibility index (Phi) is 9.01. The lowest BCUT2D eigenvalue weighted by Gasteiger charge is -2.30. The third-order valence-corrected chi connectivity index (χ3v) is 8.22. The largest absolute Gasteiger partial charge is 0.485 e. The highest BCUT2D eigenvalue weighted by atomic mass is 32.1. The molecule has 176 valence electrons. The number of carbonyl (C=O) groups excluding carboxylic acids is 1. The van der Waals surface area contributed by atoms with Crippen molar-refractivity contribution < 1.29 is 14.3 Å². The quantitative estimate of drug-likeness (QED) is 0.486. The molecule has 8 heteroatoms. The first-order valence-corrected chi connectivity index (χ1v) is 16.0. The van der Waals surface area contributed by atoms with Crippen molar-refractivity contribution in [1.82, 2.24) is 10.2 Å². The Morgan fingerprint density at radius 2 is 2.00 bits per heavy atom. The van der Waals surface area contributed by atoms with Crippen molar-refractivity contribution in [3.8, 4) is 5.75 Å². The smallest absolute Gasteiger partial charge is 0.409 e. The summed E-state index contributed by atoms with van der Waals surface area (Å²) in [6.45, 7) is 11.9. The summed E-state index contributed by atoms with van der Waals surface area (Å²) < 4.78 is 11.9. The molecule has 0 radical (unpaired) electrons. The van der Waals surface area contributed by atoms with E-state index in [9.17, 15) is 4.79 Å². The molecule has 1 saturated heterocycles. The Morgan fingerprint density at radius 3 is 2.69 bits per heavy atom. The molecule has 32 heavy (non-hydrogen) atoms. The summed E-state index contributed by atoms with van der Waals surface area (Å²) in [5.74, 6) is 0.861. The van der Waals surface area contributed by atoms with Gasteiger partial charge in [-0.15, -0.1) is 11.3 Å². The first-order valence-electron chi connectivity index (χ1n) is 11.5. The van der Waals surface area contributed by atoms with Crippen LogP contribution in [0, 0.1) is 0 Å². The number of carbonyl (C=O) groups is 1. The van der Waals surface area contributed by atoms with Crippen molar-refractivity contribution in [2.45, 2.75) is 38.2 Å². The summed E-state index contributed by atoms with van der Waals surface area (Å²) >= 11 is 1.69. The van der Waals surface area contributed by atoms with Crippen molar-refractivity contribution in [2.75, 3.05) is 51.3 Å². The Balaban J connectivity index is 1.58. The monoisotopic (exact) mass is 475 g/mol. The molecule has 1 aromatic heterocycles. The fraction of sp³-hybridized carbons (Fsp3) is 0.542. The van der Waals surface area contributed by atoms with Crippen LogP contribution in [0.5, 0.6) is 5.75 Å².